The number of esters is 1. The van der Waals surface area contributed by atoms with E-state index in [4.69, 9.17) is 4.74 Å². The molecule has 0 aromatic heterocycles. The second-order valence-corrected chi connectivity index (χ2v) is 7.68. The predicted octanol–water partition coefficient (Wildman–Crippen LogP) is 4.43. The first-order chi connectivity index (χ1) is 14.8. The number of carbonyl (C=O) groups is 4. The predicted molar refractivity (Wildman–Crippen MR) is 115 cm³/mol. The Morgan fingerprint density at radius 3 is 2.03 bits per heavy atom. The van der Waals surface area contributed by atoms with Crippen LogP contribution in [0.4, 0.5) is 0 Å². The minimum Gasteiger partial charge on any atom is -0.454 e. The molecule has 0 saturated heterocycles. The summed E-state index contributed by atoms with van der Waals surface area (Å²) in [6.07, 6.45) is 0. The summed E-state index contributed by atoms with van der Waals surface area (Å²) in [6.45, 7) is 5.25. The van der Waals surface area contributed by atoms with Gasteiger partial charge >= 0.3 is 5.97 Å². The quantitative estimate of drug-likeness (QED) is 0.366. The van der Waals surface area contributed by atoms with E-state index in [1.807, 2.05) is 26.8 Å². The van der Waals surface area contributed by atoms with Crippen molar-refractivity contribution in [3.05, 3.63) is 105 Å². The fourth-order valence-corrected chi connectivity index (χ4v) is 3.86. The van der Waals surface area contributed by atoms with E-state index in [1.165, 1.54) is 18.2 Å². The topological polar surface area (TPSA) is 77.5 Å². The van der Waals surface area contributed by atoms with Crippen molar-refractivity contribution in [3.8, 4) is 0 Å². The largest absolute Gasteiger partial charge is 0.454 e. The summed E-state index contributed by atoms with van der Waals surface area (Å²) in [6, 6.07) is 14.7. The smallest absolute Gasteiger partial charge is 0.339 e. The molecule has 31 heavy (non-hydrogen) atoms. The summed E-state index contributed by atoms with van der Waals surface area (Å²) < 4.78 is 5.26. The Labute approximate surface area is 179 Å². The maximum atomic E-state index is 13.0. The number of benzene rings is 3. The molecule has 0 spiro atoms. The van der Waals surface area contributed by atoms with Crippen LogP contribution in [0.25, 0.3) is 0 Å². The minimum absolute atomic E-state index is 0.0186. The number of hydrogen-bond acceptors (Lipinski definition) is 5. The van der Waals surface area contributed by atoms with E-state index in [0.717, 1.165) is 16.7 Å². The van der Waals surface area contributed by atoms with Crippen molar-refractivity contribution < 1.29 is 23.9 Å². The second-order valence-electron chi connectivity index (χ2n) is 7.68. The average Bonchev–Trinajstić information content (AvgIpc) is 2.77. The summed E-state index contributed by atoms with van der Waals surface area (Å²) in [7, 11) is 0. The van der Waals surface area contributed by atoms with Gasteiger partial charge in [-0.3, -0.25) is 14.4 Å². The lowest BCUT2D eigenvalue weighted by atomic mass is 9.82. The Morgan fingerprint density at radius 1 is 0.710 bits per heavy atom. The number of ether oxygens (including phenoxy) is 1. The molecule has 0 aliphatic heterocycles. The molecular formula is C26H20O5. The number of rotatable bonds is 4. The average molecular weight is 412 g/mol. The van der Waals surface area contributed by atoms with Crippen LogP contribution in [0.15, 0.2) is 54.6 Å². The number of hydrogen-bond donors (Lipinski definition) is 0. The van der Waals surface area contributed by atoms with Gasteiger partial charge in [0.15, 0.2) is 18.2 Å². The van der Waals surface area contributed by atoms with Crippen molar-refractivity contribution in [3.63, 3.8) is 0 Å². The highest BCUT2D eigenvalue weighted by Crippen LogP contribution is 2.30. The van der Waals surface area contributed by atoms with Gasteiger partial charge in [0.25, 0.3) is 0 Å². The van der Waals surface area contributed by atoms with Crippen molar-refractivity contribution in [1.82, 2.24) is 0 Å². The molecule has 5 heteroatoms. The highest BCUT2D eigenvalue weighted by molar-refractivity contribution is 6.30. The van der Waals surface area contributed by atoms with Crippen LogP contribution in [0.5, 0.6) is 0 Å². The van der Waals surface area contributed by atoms with Crippen LogP contribution < -0.4 is 0 Å². The Kier molecular flexibility index (Phi) is 5.11. The molecule has 0 N–H and O–H groups in total. The standard InChI is InChI=1S/C26H20O5/c1-14-11-16(3)21(12-15(14)2)22(27)13-31-26(30)20-10-6-9-19-23(20)25(29)18-8-5-4-7-17(18)24(19)28/h4-12H,13H2,1-3H3. The van der Waals surface area contributed by atoms with E-state index in [9.17, 15) is 19.2 Å². The number of Topliss-reactive ketones (excluding diaryl/α,β-unsaturated/α-hetero) is 1. The normalized spacial score (nSPS) is 12.2. The van der Waals surface area contributed by atoms with E-state index < -0.39 is 18.4 Å². The van der Waals surface area contributed by atoms with Gasteiger partial charge in [0, 0.05) is 27.8 Å². The lowest BCUT2D eigenvalue weighted by Crippen LogP contribution is -2.25. The fraction of sp³-hybridized carbons (Fsp3) is 0.154. The third kappa shape index (κ3) is 3.48. The lowest BCUT2D eigenvalue weighted by Gasteiger charge is -2.19. The van der Waals surface area contributed by atoms with Gasteiger partial charge in [-0.15, -0.1) is 0 Å². The van der Waals surface area contributed by atoms with Gasteiger partial charge in [-0.1, -0.05) is 42.5 Å². The van der Waals surface area contributed by atoms with E-state index >= 15 is 0 Å². The second kappa shape index (κ2) is 7.76. The zero-order valence-corrected chi connectivity index (χ0v) is 17.4. The van der Waals surface area contributed by atoms with E-state index in [2.05, 4.69) is 0 Å². The van der Waals surface area contributed by atoms with E-state index in [1.54, 1.807) is 30.3 Å². The molecular weight excluding hydrogens is 392 g/mol. The molecule has 1 aliphatic rings. The number of aryl methyl sites for hydroxylation is 3. The van der Waals surface area contributed by atoms with Crippen molar-refractivity contribution in [2.24, 2.45) is 0 Å². The van der Waals surface area contributed by atoms with Gasteiger partial charge in [0.1, 0.15) is 0 Å². The maximum Gasteiger partial charge on any atom is 0.339 e. The molecule has 1 aliphatic carbocycles. The minimum atomic E-state index is -0.813. The van der Waals surface area contributed by atoms with Gasteiger partial charge < -0.3 is 4.74 Å². The van der Waals surface area contributed by atoms with Crippen LogP contribution in [0, 0.1) is 20.8 Å². The summed E-state index contributed by atoms with van der Waals surface area (Å²) >= 11 is 0. The third-order valence-corrected chi connectivity index (χ3v) is 5.65. The first-order valence-electron chi connectivity index (χ1n) is 9.89. The molecule has 0 unspecified atom stereocenters. The van der Waals surface area contributed by atoms with Gasteiger partial charge in [0.05, 0.1) is 5.56 Å². The van der Waals surface area contributed by atoms with Gasteiger partial charge in [-0.25, -0.2) is 4.79 Å². The molecule has 0 atom stereocenters. The van der Waals surface area contributed by atoms with Gasteiger partial charge in [0.2, 0.25) is 5.78 Å². The summed E-state index contributed by atoms with van der Waals surface area (Å²) in [5, 5.41) is 0. The molecule has 154 valence electrons. The Hall–Kier alpha value is -3.86. The first kappa shape index (κ1) is 20.4. The molecule has 0 heterocycles. The Morgan fingerprint density at radius 2 is 1.32 bits per heavy atom. The Bertz CT molecular complexity index is 1280. The van der Waals surface area contributed by atoms with Crippen molar-refractivity contribution in [2.75, 3.05) is 6.61 Å². The molecule has 4 rings (SSSR count). The van der Waals surface area contributed by atoms with Gasteiger partial charge in [-0.2, -0.15) is 0 Å². The number of fused-ring (bicyclic) bond motifs is 2. The third-order valence-electron chi connectivity index (χ3n) is 5.65. The molecule has 3 aromatic rings. The van der Waals surface area contributed by atoms with E-state index in [-0.39, 0.29) is 33.8 Å². The maximum absolute atomic E-state index is 13.0. The molecule has 3 aromatic carbocycles. The highest BCUT2D eigenvalue weighted by Gasteiger charge is 2.33. The zero-order chi connectivity index (χ0) is 22.3. The van der Waals surface area contributed by atoms with Gasteiger partial charge in [-0.05, 0) is 49.6 Å². The number of carbonyl (C=O) groups excluding carboxylic acids is 4. The fourth-order valence-electron chi connectivity index (χ4n) is 3.86. The van der Waals surface area contributed by atoms with Crippen LogP contribution in [-0.4, -0.2) is 29.9 Å². The highest BCUT2D eigenvalue weighted by atomic mass is 16.5. The zero-order valence-electron chi connectivity index (χ0n) is 17.4. The first-order valence-corrected chi connectivity index (χ1v) is 9.89. The lowest BCUT2D eigenvalue weighted by molar-refractivity contribution is 0.0472. The van der Waals surface area contributed by atoms with Crippen molar-refractivity contribution in [2.45, 2.75) is 20.8 Å². The number of ketones is 3. The monoisotopic (exact) mass is 412 g/mol. The molecule has 0 saturated carbocycles. The van der Waals surface area contributed by atoms with Crippen LogP contribution in [-0.2, 0) is 4.74 Å². The molecule has 0 bridgehead atoms. The molecule has 5 nitrogen and oxygen atoms in total. The van der Waals surface area contributed by atoms with Crippen LogP contribution in [0.3, 0.4) is 0 Å². The van der Waals surface area contributed by atoms with E-state index in [0.29, 0.717) is 11.1 Å². The Balaban J connectivity index is 1.61. The summed E-state index contributed by atoms with van der Waals surface area (Å²) in [4.78, 5) is 51.3. The summed E-state index contributed by atoms with van der Waals surface area (Å²) in [5.74, 6) is -1.87. The molecule has 0 amide bonds. The molecule has 0 fully saturated rings. The van der Waals surface area contributed by atoms with Crippen LogP contribution in [0.1, 0.15) is 69.2 Å². The molecule has 0 radical (unpaired) electrons. The van der Waals surface area contributed by atoms with Crippen molar-refractivity contribution >= 4 is 23.3 Å². The SMILES string of the molecule is Cc1cc(C)c(C(=O)COC(=O)c2cccc3c2C(=O)c2ccccc2C3=O)cc1C. The van der Waals surface area contributed by atoms with Crippen LogP contribution >= 0.6 is 0 Å². The summed E-state index contributed by atoms with van der Waals surface area (Å²) in [5.41, 5.74) is 4.07. The van der Waals surface area contributed by atoms with Crippen LogP contribution in [0.2, 0.25) is 0 Å². The van der Waals surface area contributed by atoms with Crippen molar-refractivity contribution in [1.29, 1.82) is 0 Å².